The van der Waals surface area contributed by atoms with Gasteiger partial charge in [0.25, 0.3) is 0 Å². The van der Waals surface area contributed by atoms with Crippen LogP contribution in [0.3, 0.4) is 0 Å². The fraction of sp³-hybridized carbons (Fsp3) is 0.857. The largest absolute Gasteiger partial charge is 0.354 e. The summed E-state index contributed by atoms with van der Waals surface area (Å²) in [7, 11) is 2.52. The summed E-state index contributed by atoms with van der Waals surface area (Å²) in [6.07, 6.45) is 2.53. The lowest BCUT2D eigenvalue weighted by Gasteiger charge is -2.28. The van der Waals surface area contributed by atoms with Crippen molar-refractivity contribution in [3.8, 4) is 0 Å². The molecule has 0 aliphatic heterocycles. The highest BCUT2D eigenvalue weighted by Crippen LogP contribution is 2.31. The minimum Gasteiger partial charge on any atom is -0.354 e. The van der Waals surface area contributed by atoms with Crippen molar-refractivity contribution in [3.63, 3.8) is 0 Å². The Morgan fingerprint density at radius 1 is 1.62 bits per heavy atom. The third kappa shape index (κ3) is 4.34. The SMILES string of the molecule is BC(CC)(CC)C(=N)NPCOS. The van der Waals surface area contributed by atoms with Crippen LogP contribution in [0, 0.1) is 5.41 Å². The zero-order valence-electron chi connectivity index (χ0n) is 8.48. The van der Waals surface area contributed by atoms with Crippen molar-refractivity contribution >= 4 is 35.3 Å². The number of hydrogen-bond acceptors (Lipinski definition) is 3. The Balaban J connectivity index is 3.92. The van der Waals surface area contributed by atoms with Gasteiger partial charge in [0.05, 0.1) is 12.2 Å². The summed E-state index contributed by atoms with van der Waals surface area (Å²) in [4.78, 5) is 0. The molecule has 0 aromatic rings. The maximum absolute atomic E-state index is 7.84. The normalized spacial score (nSPS) is 12.2. The first-order valence-electron chi connectivity index (χ1n) is 4.45. The fourth-order valence-corrected chi connectivity index (χ4v) is 1.72. The molecule has 0 saturated heterocycles. The van der Waals surface area contributed by atoms with Gasteiger partial charge in [0.2, 0.25) is 0 Å². The maximum atomic E-state index is 7.84. The van der Waals surface area contributed by atoms with Crippen molar-refractivity contribution in [2.24, 2.45) is 0 Å². The molecule has 0 bridgehead atoms. The van der Waals surface area contributed by atoms with Crippen molar-refractivity contribution in [3.05, 3.63) is 0 Å². The minimum atomic E-state index is -0.0103. The van der Waals surface area contributed by atoms with E-state index in [2.05, 4.69) is 43.9 Å². The number of thiol groups is 1. The lowest BCUT2D eigenvalue weighted by atomic mass is 9.64. The summed E-state index contributed by atoms with van der Waals surface area (Å²) in [5.41, 5.74) is 0. The second kappa shape index (κ2) is 6.69. The van der Waals surface area contributed by atoms with Crippen LogP contribution in [-0.4, -0.2) is 20.0 Å². The van der Waals surface area contributed by atoms with E-state index >= 15 is 0 Å². The van der Waals surface area contributed by atoms with Gasteiger partial charge in [-0.2, -0.15) is 0 Å². The van der Waals surface area contributed by atoms with Crippen LogP contribution in [-0.2, 0) is 4.18 Å². The number of hydrogen-bond donors (Lipinski definition) is 3. The van der Waals surface area contributed by atoms with Crippen LogP contribution in [0.1, 0.15) is 26.7 Å². The molecule has 0 aliphatic rings. The first-order chi connectivity index (χ1) is 6.10. The molecule has 0 heterocycles. The molecule has 76 valence electrons. The summed E-state index contributed by atoms with van der Waals surface area (Å²) >= 11 is 3.64. The van der Waals surface area contributed by atoms with Crippen molar-refractivity contribution in [1.29, 1.82) is 5.41 Å². The zero-order valence-corrected chi connectivity index (χ0v) is 10.4. The molecule has 0 aromatic carbocycles. The summed E-state index contributed by atoms with van der Waals surface area (Å²) in [6, 6.07) is 0. The predicted molar refractivity (Wildman–Crippen MR) is 65.9 cm³/mol. The zero-order chi connectivity index (χ0) is 10.3. The smallest absolute Gasteiger partial charge is 0.119 e. The molecule has 0 rings (SSSR count). The molecule has 3 nitrogen and oxygen atoms in total. The van der Waals surface area contributed by atoms with Crippen LogP contribution in [0.4, 0.5) is 0 Å². The van der Waals surface area contributed by atoms with E-state index in [1.165, 1.54) is 0 Å². The average molecular weight is 220 g/mol. The third-order valence-corrected chi connectivity index (χ3v) is 3.60. The maximum Gasteiger partial charge on any atom is 0.119 e. The highest BCUT2D eigenvalue weighted by molar-refractivity contribution is 7.75. The number of rotatable bonds is 6. The quantitative estimate of drug-likeness (QED) is 0.121. The van der Waals surface area contributed by atoms with Gasteiger partial charge in [-0.25, -0.2) is 0 Å². The molecule has 1 unspecified atom stereocenters. The topological polar surface area (TPSA) is 45.1 Å². The van der Waals surface area contributed by atoms with E-state index < -0.39 is 0 Å². The molecule has 0 amide bonds. The highest BCUT2D eigenvalue weighted by atomic mass is 32.1. The van der Waals surface area contributed by atoms with Crippen LogP contribution in [0.25, 0.3) is 0 Å². The van der Waals surface area contributed by atoms with Gasteiger partial charge in [-0.05, 0) is 18.2 Å². The van der Waals surface area contributed by atoms with Gasteiger partial charge in [0.1, 0.15) is 7.85 Å². The molecular weight excluding hydrogens is 202 g/mol. The number of nitrogens with one attached hydrogen (secondary N) is 2. The van der Waals surface area contributed by atoms with Crippen molar-refractivity contribution in [2.75, 3.05) is 6.35 Å². The Kier molecular flexibility index (Phi) is 6.83. The van der Waals surface area contributed by atoms with E-state index in [0.29, 0.717) is 20.9 Å². The molecule has 0 aromatic heterocycles. The van der Waals surface area contributed by atoms with Gasteiger partial charge < -0.3 is 9.27 Å². The summed E-state index contributed by atoms with van der Waals surface area (Å²) < 4.78 is 4.62. The Labute approximate surface area is 88.8 Å². The molecule has 13 heavy (non-hydrogen) atoms. The van der Waals surface area contributed by atoms with Crippen molar-refractivity contribution in [1.82, 2.24) is 5.09 Å². The Bertz CT molecular complexity index is 167. The minimum absolute atomic E-state index is 0.0103. The molecule has 0 fully saturated rings. The molecule has 0 radical (unpaired) electrons. The molecule has 0 aliphatic carbocycles. The van der Waals surface area contributed by atoms with Crippen LogP contribution in [0.2, 0.25) is 5.31 Å². The highest BCUT2D eigenvalue weighted by Gasteiger charge is 2.24. The second-order valence-corrected chi connectivity index (χ2v) is 4.37. The summed E-state index contributed by atoms with van der Waals surface area (Å²) in [5.74, 6) is 0.612. The van der Waals surface area contributed by atoms with Gasteiger partial charge in [-0.15, -0.1) is 0 Å². The monoisotopic (exact) mass is 220 g/mol. The van der Waals surface area contributed by atoms with Crippen LogP contribution >= 0.6 is 21.6 Å². The first kappa shape index (κ1) is 13.3. The Morgan fingerprint density at radius 3 is 2.54 bits per heavy atom. The van der Waals surface area contributed by atoms with Crippen LogP contribution < -0.4 is 5.09 Å². The fourth-order valence-electron chi connectivity index (χ4n) is 0.911. The Morgan fingerprint density at radius 2 is 2.15 bits per heavy atom. The van der Waals surface area contributed by atoms with Gasteiger partial charge in [0.15, 0.2) is 0 Å². The van der Waals surface area contributed by atoms with E-state index in [9.17, 15) is 0 Å². The van der Waals surface area contributed by atoms with Gasteiger partial charge in [0, 0.05) is 8.73 Å². The first-order valence-corrected chi connectivity index (χ1v) is 6.02. The van der Waals surface area contributed by atoms with E-state index in [0.717, 1.165) is 12.8 Å². The van der Waals surface area contributed by atoms with Crippen LogP contribution in [0.5, 0.6) is 0 Å². The van der Waals surface area contributed by atoms with Crippen LogP contribution in [0.15, 0.2) is 0 Å². The molecular formula is C7H18BN2OPS. The lowest BCUT2D eigenvalue weighted by molar-refractivity contribution is 0.470. The van der Waals surface area contributed by atoms with Gasteiger partial charge in [-0.1, -0.05) is 26.7 Å². The standard InChI is InChI=1S/C7H18BN2OPS/c1-3-7(8,4-2)6(9)10-12-5-11-13/h12-13H,3-5,8H2,1-2H3,(H2,9,10). The van der Waals surface area contributed by atoms with E-state index in [1.807, 2.05) is 0 Å². The van der Waals surface area contributed by atoms with Crippen molar-refractivity contribution < 1.29 is 4.18 Å². The van der Waals surface area contributed by atoms with Crippen molar-refractivity contribution in [2.45, 2.75) is 32.0 Å². The summed E-state index contributed by atoms with van der Waals surface area (Å²) in [6.45, 7) is 4.22. The molecule has 6 heteroatoms. The van der Waals surface area contributed by atoms with E-state index in [1.54, 1.807) is 0 Å². The molecule has 2 N–H and O–H groups in total. The van der Waals surface area contributed by atoms with E-state index in [-0.39, 0.29) is 5.31 Å². The molecule has 0 saturated carbocycles. The molecule has 0 spiro atoms. The summed E-state index contributed by atoms with van der Waals surface area (Å²) in [5, 5.41) is 10.9. The predicted octanol–water partition coefficient (Wildman–Crippen LogP) is 1.58. The Hall–Kier alpha value is 0.275. The van der Waals surface area contributed by atoms with E-state index in [4.69, 9.17) is 5.41 Å². The van der Waals surface area contributed by atoms with Gasteiger partial charge >= 0.3 is 0 Å². The second-order valence-electron chi connectivity index (χ2n) is 3.22. The third-order valence-electron chi connectivity index (χ3n) is 2.51. The lowest BCUT2D eigenvalue weighted by Crippen LogP contribution is -2.30. The average Bonchev–Trinajstić information content (AvgIpc) is 2.17. The number of amidine groups is 1. The molecule has 1 atom stereocenters. The van der Waals surface area contributed by atoms with Gasteiger partial charge in [-0.3, -0.25) is 5.41 Å².